The van der Waals surface area contributed by atoms with Crippen molar-refractivity contribution >= 4 is 16.7 Å². The number of carbonyl (C=O) groups excluding carboxylic acids is 1. The molecule has 2 N–H and O–H groups in total. The summed E-state index contributed by atoms with van der Waals surface area (Å²) in [5, 5.41) is 14.8. The van der Waals surface area contributed by atoms with E-state index in [0.717, 1.165) is 30.2 Å². The summed E-state index contributed by atoms with van der Waals surface area (Å²) in [5.74, 6) is 0.153. The molecule has 21 heavy (non-hydrogen) atoms. The summed E-state index contributed by atoms with van der Waals surface area (Å²) in [7, 11) is 0. The van der Waals surface area contributed by atoms with Crippen LogP contribution < -0.4 is 5.32 Å². The van der Waals surface area contributed by atoms with Crippen LogP contribution in [-0.2, 0) is 4.74 Å². The molecule has 0 aliphatic carbocycles. The number of phenols is 1. The Morgan fingerprint density at radius 3 is 2.76 bits per heavy atom. The van der Waals surface area contributed by atoms with Crippen molar-refractivity contribution in [2.24, 2.45) is 5.92 Å². The van der Waals surface area contributed by atoms with Gasteiger partial charge in [0.25, 0.3) is 5.91 Å². The summed E-state index contributed by atoms with van der Waals surface area (Å²) in [4.78, 5) is 12.2. The second-order valence-electron chi connectivity index (χ2n) is 5.51. The van der Waals surface area contributed by atoms with Crippen molar-refractivity contribution in [1.29, 1.82) is 0 Å². The molecular weight excluding hydrogens is 266 g/mol. The third-order valence-electron chi connectivity index (χ3n) is 3.91. The van der Waals surface area contributed by atoms with Gasteiger partial charge in [-0.2, -0.15) is 0 Å². The molecule has 2 aromatic rings. The van der Waals surface area contributed by atoms with Crippen LogP contribution in [0.15, 0.2) is 36.4 Å². The molecule has 4 heteroatoms. The average molecular weight is 285 g/mol. The molecule has 0 saturated carbocycles. The van der Waals surface area contributed by atoms with E-state index < -0.39 is 0 Å². The van der Waals surface area contributed by atoms with Gasteiger partial charge in [0.2, 0.25) is 0 Å². The fraction of sp³-hybridized carbons (Fsp3) is 0.353. The van der Waals surface area contributed by atoms with Crippen LogP contribution in [0.4, 0.5) is 0 Å². The lowest BCUT2D eigenvalue weighted by molar-refractivity contribution is 0.0536. The highest BCUT2D eigenvalue weighted by molar-refractivity contribution is 6.01. The van der Waals surface area contributed by atoms with Crippen molar-refractivity contribution in [3.63, 3.8) is 0 Å². The maximum atomic E-state index is 12.2. The predicted molar refractivity (Wildman–Crippen MR) is 81.5 cm³/mol. The van der Waals surface area contributed by atoms with Crippen LogP contribution in [0.5, 0.6) is 5.75 Å². The summed E-state index contributed by atoms with van der Waals surface area (Å²) in [6.45, 7) is 2.10. The Bertz CT molecular complexity index is 648. The first-order valence-corrected chi connectivity index (χ1v) is 7.32. The van der Waals surface area contributed by atoms with Crippen LogP contribution in [0.25, 0.3) is 10.8 Å². The number of aromatic hydroxyl groups is 1. The van der Waals surface area contributed by atoms with Gasteiger partial charge in [-0.1, -0.05) is 24.3 Å². The molecule has 1 saturated heterocycles. The molecule has 110 valence electrons. The van der Waals surface area contributed by atoms with E-state index in [1.165, 1.54) is 0 Å². The Hall–Kier alpha value is -2.07. The van der Waals surface area contributed by atoms with E-state index in [4.69, 9.17) is 4.74 Å². The first kappa shape index (κ1) is 13.9. The maximum Gasteiger partial charge on any atom is 0.255 e. The molecule has 1 aliphatic rings. The number of fused-ring (bicyclic) bond motifs is 1. The molecule has 2 aromatic carbocycles. The lowest BCUT2D eigenvalue weighted by Gasteiger charge is -2.22. The largest absolute Gasteiger partial charge is 0.507 e. The minimum Gasteiger partial charge on any atom is -0.507 e. The van der Waals surface area contributed by atoms with Crippen molar-refractivity contribution in [3.8, 4) is 5.75 Å². The molecule has 0 aromatic heterocycles. The molecule has 1 heterocycles. The second kappa shape index (κ2) is 6.14. The molecule has 0 spiro atoms. The van der Waals surface area contributed by atoms with Crippen LogP contribution in [0, 0.1) is 5.92 Å². The van der Waals surface area contributed by atoms with Gasteiger partial charge in [0, 0.05) is 13.2 Å². The number of nitrogens with one attached hydrogen (secondary N) is 1. The topological polar surface area (TPSA) is 58.6 Å². The van der Waals surface area contributed by atoms with E-state index >= 15 is 0 Å². The van der Waals surface area contributed by atoms with Crippen molar-refractivity contribution in [1.82, 2.24) is 5.32 Å². The minimum absolute atomic E-state index is 0.0195. The lowest BCUT2D eigenvalue weighted by atomic mass is 10.0. The van der Waals surface area contributed by atoms with E-state index in [0.29, 0.717) is 24.6 Å². The molecular formula is C17H19NO3. The van der Waals surface area contributed by atoms with Gasteiger partial charge in [-0.25, -0.2) is 0 Å². The number of carbonyl (C=O) groups is 1. The third kappa shape index (κ3) is 3.16. The smallest absolute Gasteiger partial charge is 0.255 e. The number of amides is 1. The van der Waals surface area contributed by atoms with Crippen molar-refractivity contribution in [2.75, 3.05) is 19.8 Å². The fourth-order valence-electron chi connectivity index (χ4n) is 2.71. The summed E-state index contributed by atoms with van der Waals surface area (Å²) < 4.78 is 5.40. The maximum absolute atomic E-state index is 12.2. The number of rotatable bonds is 3. The van der Waals surface area contributed by atoms with E-state index in [-0.39, 0.29) is 11.7 Å². The SMILES string of the molecule is O=C(NCC1CCCOC1)c1cc2ccccc2cc1O. The number of benzene rings is 2. The number of hydrogen-bond acceptors (Lipinski definition) is 3. The molecule has 1 aliphatic heterocycles. The summed E-state index contributed by atoms with van der Waals surface area (Å²) in [6, 6.07) is 11.0. The molecule has 1 unspecified atom stereocenters. The van der Waals surface area contributed by atoms with Gasteiger partial charge >= 0.3 is 0 Å². The Morgan fingerprint density at radius 1 is 1.29 bits per heavy atom. The first-order valence-electron chi connectivity index (χ1n) is 7.32. The molecule has 3 rings (SSSR count). The standard InChI is InChI=1S/C17H19NO3/c19-16-9-14-6-2-1-5-13(14)8-15(16)17(20)18-10-12-4-3-7-21-11-12/h1-2,5-6,8-9,12,19H,3-4,7,10-11H2,(H,18,20). The van der Waals surface area contributed by atoms with Crippen LogP contribution in [0.3, 0.4) is 0 Å². The normalized spacial score (nSPS) is 18.6. The van der Waals surface area contributed by atoms with Gasteiger partial charge in [-0.15, -0.1) is 0 Å². The first-order chi connectivity index (χ1) is 10.2. The van der Waals surface area contributed by atoms with Gasteiger partial charge in [0.15, 0.2) is 0 Å². The van der Waals surface area contributed by atoms with E-state index in [9.17, 15) is 9.90 Å². The van der Waals surface area contributed by atoms with E-state index in [1.54, 1.807) is 12.1 Å². The van der Waals surface area contributed by atoms with Crippen LogP contribution in [-0.4, -0.2) is 30.8 Å². The third-order valence-corrected chi connectivity index (χ3v) is 3.91. The van der Waals surface area contributed by atoms with Gasteiger partial charge in [-0.3, -0.25) is 4.79 Å². The number of hydrogen-bond donors (Lipinski definition) is 2. The Kier molecular flexibility index (Phi) is 4.06. The quantitative estimate of drug-likeness (QED) is 0.911. The lowest BCUT2D eigenvalue weighted by Crippen LogP contribution is -2.33. The fourth-order valence-corrected chi connectivity index (χ4v) is 2.71. The Labute approximate surface area is 123 Å². The minimum atomic E-state index is -0.233. The Morgan fingerprint density at radius 2 is 2.05 bits per heavy atom. The molecule has 0 bridgehead atoms. The highest BCUT2D eigenvalue weighted by Crippen LogP contribution is 2.25. The van der Waals surface area contributed by atoms with Crippen LogP contribution in [0.2, 0.25) is 0 Å². The molecule has 1 fully saturated rings. The molecule has 1 atom stereocenters. The summed E-state index contributed by atoms with van der Waals surface area (Å²) >= 11 is 0. The average Bonchev–Trinajstić information content (AvgIpc) is 2.53. The van der Waals surface area contributed by atoms with Crippen molar-refractivity contribution in [3.05, 3.63) is 42.0 Å². The summed E-state index contributed by atoms with van der Waals surface area (Å²) in [5.41, 5.74) is 0.324. The Balaban J connectivity index is 1.73. The van der Waals surface area contributed by atoms with E-state index in [2.05, 4.69) is 5.32 Å². The monoisotopic (exact) mass is 285 g/mol. The number of ether oxygens (including phenoxy) is 1. The van der Waals surface area contributed by atoms with Gasteiger partial charge in [-0.05, 0) is 41.7 Å². The van der Waals surface area contributed by atoms with Gasteiger partial charge in [0.1, 0.15) is 5.75 Å². The molecule has 1 amide bonds. The predicted octanol–water partition coefficient (Wildman–Crippen LogP) is 2.70. The molecule has 0 radical (unpaired) electrons. The van der Waals surface area contributed by atoms with Crippen LogP contribution >= 0.6 is 0 Å². The van der Waals surface area contributed by atoms with E-state index in [1.807, 2.05) is 24.3 Å². The highest BCUT2D eigenvalue weighted by Gasteiger charge is 2.17. The zero-order valence-electron chi connectivity index (χ0n) is 11.8. The van der Waals surface area contributed by atoms with Gasteiger partial charge < -0.3 is 15.2 Å². The van der Waals surface area contributed by atoms with Crippen LogP contribution in [0.1, 0.15) is 23.2 Å². The zero-order valence-corrected chi connectivity index (χ0v) is 11.8. The highest BCUT2D eigenvalue weighted by atomic mass is 16.5. The second-order valence-corrected chi connectivity index (χ2v) is 5.51. The number of phenolic OH excluding ortho intramolecular Hbond substituents is 1. The zero-order chi connectivity index (χ0) is 14.7. The van der Waals surface area contributed by atoms with Crippen molar-refractivity contribution in [2.45, 2.75) is 12.8 Å². The molecule has 4 nitrogen and oxygen atoms in total. The van der Waals surface area contributed by atoms with Crippen molar-refractivity contribution < 1.29 is 14.6 Å². The van der Waals surface area contributed by atoms with Gasteiger partial charge in [0.05, 0.1) is 12.2 Å². The summed E-state index contributed by atoms with van der Waals surface area (Å²) in [6.07, 6.45) is 2.12.